The maximum absolute atomic E-state index is 11.1. The molecule has 0 aromatic heterocycles. The summed E-state index contributed by atoms with van der Waals surface area (Å²) in [4.78, 5) is 11.1. The Bertz CT molecular complexity index is 235. The van der Waals surface area contributed by atoms with Gasteiger partial charge in [0.05, 0.1) is 6.61 Å². The van der Waals surface area contributed by atoms with E-state index in [-0.39, 0.29) is 0 Å². The highest BCUT2D eigenvalue weighted by Crippen LogP contribution is 2.22. The van der Waals surface area contributed by atoms with Gasteiger partial charge in [-0.3, -0.25) is 0 Å². The molecule has 1 aliphatic rings. The summed E-state index contributed by atoms with van der Waals surface area (Å²) in [6.45, 7) is 8.29. The van der Waals surface area contributed by atoms with Crippen LogP contribution in [0.1, 0.15) is 26.7 Å². The summed E-state index contributed by atoms with van der Waals surface area (Å²) in [7, 11) is 0. The SMILES string of the molecule is C=CC(=O)OC1OCCCCOC1(C)C. The smallest absolute Gasteiger partial charge is 0.332 e. The van der Waals surface area contributed by atoms with Crippen molar-refractivity contribution in [3.05, 3.63) is 12.7 Å². The molecule has 1 saturated heterocycles. The van der Waals surface area contributed by atoms with Crippen molar-refractivity contribution in [3.8, 4) is 0 Å². The standard InChI is InChI=1S/C11H18O4/c1-4-9(12)15-10-11(2,3)14-8-6-5-7-13-10/h4,10H,1,5-8H2,2-3H3. The zero-order chi connectivity index (χ0) is 11.3. The molecule has 0 aromatic rings. The molecule has 0 spiro atoms. The maximum atomic E-state index is 11.1. The number of esters is 1. The van der Waals surface area contributed by atoms with Crippen molar-refractivity contribution in [2.24, 2.45) is 0 Å². The average molecular weight is 214 g/mol. The Morgan fingerprint density at radius 1 is 1.47 bits per heavy atom. The van der Waals surface area contributed by atoms with Crippen molar-refractivity contribution in [1.29, 1.82) is 0 Å². The van der Waals surface area contributed by atoms with Crippen molar-refractivity contribution in [3.63, 3.8) is 0 Å². The van der Waals surface area contributed by atoms with Crippen molar-refractivity contribution in [2.45, 2.75) is 38.6 Å². The van der Waals surface area contributed by atoms with E-state index in [2.05, 4.69) is 6.58 Å². The third kappa shape index (κ3) is 3.64. The second-order valence-electron chi connectivity index (χ2n) is 4.00. The average Bonchev–Trinajstić information content (AvgIpc) is 2.18. The third-order valence-electron chi connectivity index (χ3n) is 2.24. The summed E-state index contributed by atoms with van der Waals surface area (Å²) in [5.41, 5.74) is -0.612. The summed E-state index contributed by atoms with van der Waals surface area (Å²) in [6.07, 6.45) is 2.34. The summed E-state index contributed by atoms with van der Waals surface area (Å²) in [6, 6.07) is 0. The highest BCUT2D eigenvalue weighted by molar-refractivity contribution is 5.81. The van der Waals surface area contributed by atoms with E-state index in [1.165, 1.54) is 0 Å². The first-order valence-corrected chi connectivity index (χ1v) is 5.15. The third-order valence-corrected chi connectivity index (χ3v) is 2.24. The number of hydrogen-bond acceptors (Lipinski definition) is 4. The molecule has 86 valence electrons. The molecule has 1 atom stereocenters. The Labute approximate surface area is 90.2 Å². The van der Waals surface area contributed by atoms with Crippen LogP contribution in [0.3, 0.4) is 0 Å². The van der Waals surface area contributed by atoms with Gasteiger partial charge in [-0.2, -0.15) is 0 Å². The Morgan fingerprint density at radius 2 is 2.13 bits per heavy atom. The van der Waals surface area contributed by atoms with Gasteiger partial charge in [-0.1, -0.05) is 6.58 Å². The van der Waals surface area contributed by atoms with Crippen molar-refractivity contribution in [1.82, 2.24) is 0 Å². The van der Waals surface area contributed by atoms with Crippen LogP contribution in [0.15, 0.2) is 12.7 Å². The molecule has 1 unspecified atom stereocenters. The van der Waals surface area contributed by atoms with E-state index in [1.807, 2.05) is 13.8 Å². The highest BCUT2D eigenvalue weighted by atomic mass is 16.7. The number of hydrogen-bond donors (Lipinski definition) is 0. The molecular weight excluding hydrogens is 196 g/mol. The van der Waals surface area contributed by atoms with E-state index in [4.69, 9.17) is 14.2 Å². The minimum absolute atomic E-state index is 0.489. The highest BCUT2D eigenvalue weighted by Gasteiger charge is 2.35. The van der Waals surface area contributed by atoms with Crippen LogP contribution in [0.25, 0.3) is 0 Å². The van der Waals surface area contributed by atoms with E-state index in [1.54, 1.807) is 0 Å². The van der Waals surface area contributed by atoms with Crippen molar-refractivity contribution >= 4 is 5.97 Å². The molecule has 15 heavy (non-hydrogen) atoms. The fraction of sp³-hybridized carbons (Fsp3) is 0.727. The normalized spacial score (nSPS) is 26.1. The fourth-order valence-corrected chi connectivity index (χ4v) is 1.33. The second kappa shape index (κ2) is 5.28. The van der Waals surface area contributed by atoms with Crippen LogP contribution in [0.5, 0.6) is 0 Å². The topological polar surface area (TPSA) is 44.8 Å². The van der Waals surface area contributed by atoms with Gasteiger partial charge in [0.25, 0.3) is 0 Å². The molecule has 0 N–H and O–H groups in total. The van der Waals surface area contributed by atoms with Crippen molar-refractivity contribution in [2.75, 3.05) is 13.2 Å². The minimum Gasteiger partial charge on any atom is -0.429 e. The van der Waals surface area contributed by atoms with Gasteiger partial charge in [-0.05, 0) is 26.7 Å². The van der Waals surface area contributed by atoms with Crippen LogP contribution in [0.4, 0.5) is 0 Å². The Hall–Kier alpha value is -0.870. The molecular formula is C11H18O4. The van der Waals surface area contributed by atoms with E-state index < -0.39 is 17.9 Å². The molecule has 0 bridgehead atoms. The maximum Gasteiger partial charge on any atom is 0.332 e. The first kappa shape index (κ1) is 12.2. The van der Waals surface area contributed by atoms with Gasteiger partial charge >= 0.3 is 5.97 Å². The van der Waals surface area contributed by atoms with Gasteiger partial charge in [0.1, 0.15) is 5.60 Å². The molecule has 0 aromatic carbocycles. The lowest BCUT2D eigenvalue weighted by Gasteiger charge is -2.34. The molecule has 0 radical (unpaired) electrons. The van der Waals surface area contributed by atoms with Crippen LogP contribution >= 0.6 is 0 Å². The number of carbonyl (C=O) groups is 1. The van der Waals surface area contributed by atoms with E-state index >= 15 is 0 Å². The second-order valence-corrected chi connectivity index (χ2v) is 4.00. The summed E-state index contributed by atoms with van der Waals surface area (Å²) in [5, 5.41) is 0. The predicted octanol–water partition coefficient (Wildman–Crippen LogP) is 1.65. The van der Waals surface area contributed by atoms with E-state index in [9.17, 15) is 4.79 Å². The lowest BCUT2D eigenvalue weighted by molar-refractivity contribution is -0.242. The van der Waals surface area contributed by atoms with E-state index in [0.717, 1.165) is 18.9 Å². The Kier molecular flexibility index (Phi) is 4.29. The number of ether oxygens (including phenoxy) is 3. The summed E-state index contributed by atoms with van der Waals surface area (Å²) < 4.78 is 16.1. The van der Waals surface area contributed by atoms with Gasteiger partial charge < -0.3 is 14.2 Å². The Morgan fingerprint density at radius 3 is 2.80 bits per heavy atom. The quantitative estimate of drug-likeness (QED) is 0.518. The van der Waals surface area contributed by atoms with Gasteiger partial charge in [0.15, 0.2) is 0 Å². The molecule has 1 aliphatic heterocycles. The fourth-order valence-electron chi connectivity index (χ4n) is 1.33. The molecule has 1 rings (SSSR count). The van der Waals surface area contributed by atoms with Crippen LogP contribution in [0, 0.1) is 0 Å². The van der Waals surface area contributed by atoms with Gasteiger partial charge in [0, 0.05) is 12.7 Å². The molecule has 4 heteroatoms. The van der Waals surface area contributed by atoms with E-state index in [0.29, 0.717) is 13.2 Å². The lowest BCUT2D eigenvalue weighted by Crippen LogP contribution is -2.45. The number of carbonyl (C=O) groups excluding carboxylic acids is 1. The Balaban J connectivity index is 2.62. The lowest BCUT2D eigenvalue weighted by atomic mass is 10.1. The zero-order valence-electron chi connectivity index (χ0n) is 9.32. The zero-order valence-corrected chi connectivity index (χ0v) is 9.32. The first-order valence-electron chi connectivity index (χ1n) is 5.15. The van der Waals surface area contributed by atoms with Gasteiger partial charge in [-0.15, -0.1) is 0 Å². The molecule has 1 heterocycles. The molecule has 4 nitrogen and oxygen atoms in total. The first-order chi connectivity index (χ1) is 7.06. The molecule has 1 fully saturated rings. The summed E-state index contributed by atoms with van der Waals surface area (Å²) >= 11 is 0. The van der Waals surface area contributed by atoms with Crippen LogP contribution in [-0.2, 0) is 19.0 Å². The van der Waals surface area contributed by atoms with Gasteiger partial charge in [0.2, 0.25) is 6.29 Å². The largest absolute Gasteiger partial charge is 0.429 e. The number of rotatable bonds is 2. The summed E-state index contributed by atoms with van der Waals surface area (Å²) in [5.74, 6) is -0.489. The van der Waals surface area contributed by atoms with Gasteiger partial charge in [-0.25, -0.2) is 4.79 Å². The van der Waals surface area contributed by atoms with Crippen LogP contribution in [0.2, 0.25) is 0 Å². The van der Waals surface area contributed by atoms with Crippen molar-refractivity contribution < 1.29 is 19.0 Å². The molecule has 0 saturated carbocycles. The molecule has 0 amide bonds. The predicted molar refractivity (Wildman–Crippen MR) is 55.3 cm³/mol. The van der Waals surface area contributed by atoms with Crippen LogP contribution in [-0.4, -0.2) is 31.1 Å². The monoisotopic (exact) mass is 214 g/mol. The minimum atomic E-state index is -0.664. The van der Waals surface area contributed by atoms with Crippen LogP contribution < -0.4 is 0 Å². The molecule has 0 aliphatic carbocycles.